The van der Waals surface area contributed by atoms with Crippen molar-refractivity contribution in [2.24, 2.45) is 11.8 Å². The molecule has 3 rings (SSSR count). The summed E-state index contributed by atoms with van der Waals surface area (Å²) in [6, 6.07) is 16.2. The second kappa shape index (κ2) is 11.9. The van der Waals surface area contributed by atoms with Crippen LogP contribution in [0.15, 0.2) is 48.5 Å². The number of alkyl carbamates (subject to hydrolysis) is 1. The van der Waals surface area contributed by atoms with Gasteiger partial charge in [0.2, 0.25) is 5.91 Å². The quantitative estimate of drug-likeness (QED) is 0.499. The summed E-state index contributed by atoms with van der Waals surface area (Å²) < 4.78 is 5.57. The van der Waals surface area contributed by atoms with E-state index in [-0.39, 0.29) is 37.4 Å². The Balaban J connectivity index is 1.61. The fraction of sp³-hybridized carbons (Fsp3) is 0.423. The molecule has 0 radical (unpaired) electrons. The van der Waals surface area contributed by atoms with Crippen LogP contribution in [0, 0.1) is 11.8 Å². The number of carbonyl (C=O) groups excluding carboxylic acids is 2. The first-order chi connectivity index (χ1) is 16.3. The number of amides is 2. The molecule has 2 aromatic carbocycles. The number of carbonyl (C=O) groups is 3. The highest BCUT2D eigenvalue weighted by Gasteiger charge is 2.31. The maximum Gasteiger partial charge on any atom is 0.407 e. The van der Waals surface area contributed by atoms with E-state index >= 15 is 0 Å². The van der Waals surface area contributed by atoms with Gasteiger partial charge < -0.3 is 20.1 Å². The van der Waals surface area contributed by atoms with Gasteiger partial charge in [-0.3, -0.25) is 9.59 Å². The second-order valence-corrected chi connectivity index (χ2v) is 9.69. The summed E-state index contributed by atoms with van der Waals surface area (Å²) in [6.45, 7) is 4.04. The number of ether oxygens (including phenoxy) is 1. The first kappa shape index (κ1) is 25.6. The summed E-state index contributed by atoms with van der Waals surface area (Å²) in [4.78, 5) is 38.2. The molecule has 0 bridgehead atoms. The van der Waals surface area contributed by atoms with Crippen LogP contribution in [0.2, 0.25) is 0 Å². The monoisotopic (exact) mass is 484 g/mol. The molecule has 1 aliphatic carbocycles. The van der Waals surface area contributed by atoms with E-state index in [4.69, 9.17) is 4.74 Å². The summed E-state index contributed by atoms with van der Waals surface area (Å²) in [6.07, 6.45) is 1.32. The normalized spacial score (nSPS) is 13.2. The van der Waals surface area contributed by atoms with Crippen molar-refractivity contribution in [1.29, 1.82) is 0 Å². The molecule has 0 spiro atoms. The SMILES string of the molecule is CSCCN(CC(=O)O)C(=O)C(CNC(=O)OCC1c2ccccc2-c2ccccc21)C(C)C. The lowest BCUT2D eigenvalue weighted by Crippen LogP contribution is -2.46. The zero-order valence-electron chi connectivity index (χ0n) is 19.8. The molecule has 34 heavy (non-hydrogen) atoms. The molecule has 0 aliphatic heterocycles. The minimum absolute atomic E-state index is 0.0433. The number of fused-ring (bicyclic) bond motifs is 3. The Kier molecular flexibility index (Phi) is 8.98. The third-order valence-corrected chi connectivity index (χ3v) is 6.73. The predicted octanol–water partition coefficient (Wildman–Crippen LogP) is 4.07. The van der Waals surface area contributed by atoms with E-state index in [1.807, 2.05) is 44.4 Å². The Morgan fingerprint density at radius 2 is 1.65 bits per heavy atom. The molecular weight excluding hydrogens is 452 g/mol. The van der Waals surface area contributed by atoms with Crippen molar-refractivity contribution >= 4 is 29.7 Å². The number of hydrogen-bond donors (Lipinski definition) is 2. The van der Waals surface area contributed by atoms with Gasteiger partial charge >= 0.3 is 12.1 Å². The number of carboxylic acid groups (broad SMARTS) is 1. The van der Waals surface area contributed by atoms with Crippen molar-refractivity contribution < 1.29 is 24.2 Å². The maximum absolute atomic E-state index is 13.0. The summed E-state index contributed by atoms with van der Waals surface area (Å²) in [5.41, 5.74) is 4.57. The number of aliphatic carboxylic acids is 1. The average Bonchev–Trinajstić information content (AvgIpc) is 3.13. The molecule has 0 saturated heterocycles. The number of nitrogens with zero attached hydrogens (tertiary/aromatic N) is 1. The molecular formula is C26H32N2O5S. The molecule has 2 amide bonds. The van der Waals surface area contributed by atoms with Crippen LogP contribution in [0.25, 0.3) is 11.1 Å². The molecule has 1 unspecified atom stereocenters. The number of hydrogen-bond acceptors (Lipinski definition) is 5. The van der Waals surface area contributed by atoms with E-state index < -0.39 is 18.0 Å². The van der Waals surface area contributed by atoms with Crippen LogP contribution in [-0.2, 0) is 14.3 Å². The van der Waals surface area contributed by atoms with Gasteiger partial charge in [0.15, 0.2) is 0 Å². The van der Waals surface area contributed by atoms with Crippen molar-refractivity contribution in [3.05, 3.63) is 59.7 Å². The van der Waals surface area contributed by atoms with E-state index in [1.165, 1.54) is 4.90 Å². The second-order valence-electron chi connectivity index (χ2n) is 8.70. The molecule has 1 aliphatic rings. The number of nitrogens with one attached hydrogen (secondary N) is 1. The minimum atomic E-state index is -1.05. The third kappa shape index (κ3) is 6.11. The number of rotatable bonds is 11. The number of carboxylic acids is 1. The van der Waals surface area contributed by atoms with Gasteiger partial charge in [0.1, 0.15) is 13.2 Å². The molecule has 7 nitrogen and oxygen atoms in total. The molecule has 2 aromatic rings. The highest BCUT2D eigenvalue weighted by molar-refractivity contribution is 7.98. The van der Waals surface area contributed by atoms with Crippen molar-refractivity contribution in [3.8, 4) is 11.1 Å². The largest absolute Gasteiger partial charge is 0.480 e. The summed E-state index contributed by atoms with van der Waals surface area (Å²) in [5, 5.41) is 11.9. The van der Waals surface area contributed by atoms with Gasteiger partial charge in [-0.15, -0.1) is 0 Å². The Labute approximate surface area is 204 Å². The highest BCUT2D eigenvalue weighted by Crippen LogP contribution is 2.44. The van der Waals surface area contributed by atoms with Gasteiger partial charge in [-0.2, -0.15) is 11.8 Å². The van der Waals surface area contributed by atoms with Crippen LogP contribution >= 0.6 is 11.8 Å². The van der Waals surface area contributed by atoms with Crippen LogP contribution in [-0.4, -0.2) is 66.2 Å². The lowest BCUT2D eigenvalue weighted by Gasteiger charge is -2.28. The van der Waals surface area contributed by atoms with E-state index in [0.717, 1.165) is 22.3 Å². The van der Waals surface area contributed by atoms with E-state index in [1.54, 1.807) is 11.8 Å². The predicted molar refractivity (Wildman–Crippen MR) is 134 cm³/mol. The number of benzene rings is 2. The van der Waals surface area contributed by atoms with Gasteiger partial charge in [0.05, 0.1) is 5.92 Å². The van der Waals surface area contributed by atoms with Crippen LogP contribution < -0.4 is 5.32 Å². The van der Waals surface area contributed by atoms with E-state index in [9.17, 15) is 19.5 Å². The molecule has 8 heteroatoms. The van der Waals surface area contributed by atoms with Crippen molar-refractivity contribution in [2.75, 3.05) is 38.2 Å². The van der Waals surface area contributed by atoms with Crippen LogP contribution in [0.4, 0.5) is 4.79 Å². The van der Waals surface area contributed by atoms with Crippen molar-refractivity contribution in [3.63, 3.8) is 0 Å². The van der Waals surface area contributed by atoms with E-state index in [2.05, 4.69) is 29.6 Å². The zero-order valence-corrected chi connectivity index (χ0v) is 20.6. The lowest BCUT2D eigenvalue weighted by atomic mass is 9.94. The minimum Gasteiger partial charge on any atom is -0.480 e. The fourth-order valence-electron chi connectivity index (χ4n) is 4.32. The number of thioether (sulfide) groups is 1. The average molecular weight is 485 g/mol. The van der Waals surface area contributed by atoms with Crippen LogP contribution in [0.1, 0.15) is 30.9 Å². The first-order valence-electron chi connectivity index (χ1n) is 11.4. The van der Waals surface area contributed by atoms with Gasteiger partial charge in [0, 0.05) is 24.8 Å². The molecule has 0 heterocycles. The highest BCUT2D eigenvalue weighted by atomic mass is 32.2. The molecule has 0 saturated carbocycles. The maximum atomic E-state index is 13.0. The summed E-state index contributed by atoms with van der Waals surface area (Å²) in [5.74, 6) is -1.34. The third-order valence-electron chi connectivity index (χ3n) is 6.14. The summed E-state index contributed by atoms with van der Waals surface area (Å²) in [7, 11) is 0. The van der Waals surface area contributed by atoms with E-state index in [0.29, 0.717) is 12.3 Å². The smallest absolute Gasteiger partial charge is 0.407 e. The van der Waals surface area contributed by atoms with Gasteiger partial charge in [0.25, 0.3) is 0 Å². The summed E-state index contributed by atoms with van der Waals surface area (Å²) >= 11 is 1.55. The van der Waals surface area contributed by atoms with Crippen molar-refractivity contribution in [1.82, 2.24) is 10.2 Å². The molecule has 0 aromatic heterocycles. The standard InChI is InChI=1S/C26H32N2O5S/c1-17(2)22(25(31)28(12-13-34-3)15-24(29)30)14-27-26(32)33-16-23-20-10-6-4-8-18(20)19-9-5-7-11-21(19)23/h4-11,17,22-23H,12-16H2,1-3H3,(H,27,32)(H,29,30). The fourth-order valence-corrected chi connectivity index (χ4v) is 4.72. The van der Waals surface area contributed by atoms with Gasteiger partial charge in [-0.1, -0.05) is 62.4 Å². The lowest BCUT2D eigenvalue weighted by molar-refractivity contribution is -0.146. The van der Waals surface area contributed by atoms with Gasteiger partial charge in [-0.05, 0) is 34.4 Å². The molecule has 2 N–H and O–H groups in total. The Bertz CT molecular complexity index is 980. The zero-order chi connectivity index (χ0) is 24.7. The van der Waals surface area contributed by atoms with Gasteiger partial charge in [-0.25, -0.2) is 4.79 Å². The Morgan fingerprint density at radius 1 is 1.06 bits per heavy atom. The van der Waals surface area contributed by atoms with Crippen molar-refractivity contribution in [2.45, 2.75) is 19.8 Å². The Morgan fingerprint density at radius 3 is 2.18 bits per heavy atom. The molecule has 182 valence electrons. The molecule has 0 fully saturated rings. The van der Waals surface area contributed by atoms with Crippen LogP contribution in [0.3, 0.4) is 0 Å². The first-order valence-corrected chi connectivity index (χ1v) is 12.8. The molecule has 1 atom stereocenters. The Hall–Kier alpha value is -3.00. The van der Waals surface area contributed by atoms with Crippen LogP contribution in [0.5, 0.6) is 0 Å². The topological polar surface area (TPSA) is 95.9 Å².